The molecule has 0 bridgehead atoms. The van der Waals surface area contributed by atoms with Crippen molar-refractivity contribution in [2.24, 2.45) is 5.14 Å². The summed E-state index contributed by atoms with van der Waals surface area (Å²) in [4.78, 5) is -0.285. The standard InChI is InChI=1S/C10H14FNO4S/c1-2-15-5-6-16-10-4-3-8(7-9(10)11)17(12,13)14/h3-4,7H,2,5-6H2,1H3,(H2,12,13,14). The van der Waals surface area contributed by atoms with Crippen LogP contribution in [0.15, 0.2) is 23.1 Å². The zero-order valence-corrected chi connectivity index (χ0v) is 10.2. The zero-order valence-electron chi connectivity index (χ0n) is 9.35. The molecule has 0 aliphatic carbocycles. The van der Waals surface area contributed by atoms with Crippen molar-refractivity contribution in [3.05, 3.63) is 24.0 Å². The summed E-state index contributed by atoms with van der Waals surface area (Å²) in [7, 11) is -3.89. The quantitative estimate of drug-likeness (QED) is 0.773. The molecule has 0 aromatic heterocycles. The second-order valence-electron chi connectivity index (χ2n) is 3.18. The molecule has 0 saturated heterocycles. The molecule has 0 atom stereocenters. The van der Waals surface area contributed by atoms with Gasteiger partial charge in [-0.15, -0.1) is 0 Å². The lowest BCUT2D eigenvalue weighted by Gasteiger charge is -2.08. The van der Waals surface area contributed by atoms with Gasteiger partial charge in [0.1, 0.15) is 6.61 Å². The van der Waals surface area contributed by atoms with Crippen LogP contribution in [0.5, 0.6) is 5.75 Å². The highest BCUT2D eigenvalue weighted by atomic mass is 32.2. The fourth-order valence-electron chi connectivity index (χ4n) is 1.13. The van der Waals surface area contributed by atoms with Crippen LogP contribution in [0.3, 0.4) is 0 Å². The number of halogens is 1. The Morgan fingerprint density at radius 2 is 2.06 bits per heavy atom. The number of nitrogens with two attached hydrogens (primary N) is 1. The van der Waals surface area contributed by atoms with E-state index in [0.717, 1.165) is 6.07 Å². The third kappa shape index (κ3) is 4.29. The summed E-state index contributed by atoms with van der Waals surface area (Å²) >= 11 is 0. The summed E-state index contributed by atoms with van der Waals surface area (Å²) in [5.74, 6) is -0.801. The number of hydrogen-bond acceptors (Lipinski definition) is 4. The maximum Gasteiger partial charge on any atom is 0.238 e. The molecule has 5 nitrogen and oxygen atoms in total. The molecular weight excluding hydrogens is 249 g/mol. The van der Waals surface area contributed by atoms with Gasteiger partial charge in [-0.25, -0.2) is 17.9 Å². The summed E-state index contributed by atoms with van der Waals surface area (Å²) < 4.78 is 45.4. The molecule has 96 valence electrons. The average Bonchev–Trinajstić information content (AvgIpc) is 2.24. The van der Waals surface area contributed by atoms with E-state index < -0.39 is 15.8 Å². The van der Waals surface area contributed by atoms with Crippen LogP contribution >= 0.6 is 0 Å². The predicted octanol–water partition coefficient (Wildman–Crippen LogP) is 0.888. The molecular formula is C10H14FNO4S. The second kappa shape index (κ2) is 5.95. The Morgan fingerprint density at radius 1 is 1.35 bits per heavy atom. The molecule has 0 spiro atoms. The highest BCUT2D eigenvalue weighted by Crippen LogP contribution is 2.20. The van der Waals surface area contributed by atoms with Gasteiger partial charge in [-0.05, 0) is 25.1 Å². The van der Waals surface area contributed by atoms with Gasteiger partial charge in [0.25, 0.3) is 0 Å². The summed E-state index contributed by atoms with van der Waals surface area (Å²) in [6, 6.07) is 3.24. The Bertz CT molecular complexity index is 475. The summed E-state index contributed by atoms with van der Waals surface area (Å²) in [6.45, 7) is 2.92. The van der Waals surface area contributed by atoms with Gasteiger partial charge >= 0.3 is 0 Å². The second-order valence-corrected chi connectivity index (χ2v) is 4.74. The molecule has 17 heavy (non-hydrogen) atoms. The normalized spacial score (nSPS) is 11.5. The molecule has 0 aliphatic rings. The molecule has 0 fully saturated rings. The van der Waals surface area contributed by atoms with Gasteiger partial charge in [0.15, 0.2) is 11.6 Å². The summed E-state index contributed by atoms with van der Waals surface area (Å²) in [6.07, 6.45) is 0. The first-order chi connectivity index (χ1) is 7.95. The Labute approximate surface area is 99.4 Å². The topological polar surface area (TPSA) is 78.6 Å². The van der Waals surface area contributed by atoms with Crippen LogP contribution in [-0.2, 0) is 14.8 Å². The lowest BCUT2D eigenvalue weighted by Crippen LogP contribution is -2.13. The fraction of sp³-hybridized carbons (Fsp3) is 0.400. The van der Waals surface area contributed by atoms with E-state index in [0.29, 0.717) is 13.2 Å². The van der Waals surface area contributed by atoms with E-state index in [2.05, 4.69) is 0 Å². The van der Waals surface area contributed by atoms with Crippen LogP contribution in [0.4, 0.5) is 4.39 Å². The third-order valence-electron chi connectivity index (χ3n) is 1.92. The van der Waals surface area contributed by atoms with E-state index in [4.69, 9.17) is 14.6 Å². The number of sulfonamides is 1. The average molecular weight is 263 g/mol. The molecule has 2 N–H and O–H groups in total. The van der Waals surface area contributed by atoms with Crippen molar-refractivity contribution in [2.45, 2.75) is 11.8 Å². The van der Waals surface area contributed by atoms with Crippen molar-refractivity contribution >= 4 is 10.0 Å². The van der Waals surface area contributed by atoms with E-state index in [1.807, 2.05) is 6.92 Å². The first-order valence-corrected chi connectivity index (χ1v) is 6.52. The molecule has 1 rings (SSSR count). The van der Waals surface area contributed by atoms with Gasteiger partial charge < -0.3 is 9.47 Å². The SMILES string of the molecule is CCOCCOc1ccc(S(N)(=O)=O)cc1F. The van der Waals surface area contributed by atoms with E-state index in [-0.39, 0.29) is 17.3 Å². The Hall–Kier alpha value is -1.18. The third-order valence-corrected chi connectivity index (χ3v) is 2.83. The van der Waals surface area contributed by atoms with Gasteiger partial charge in [-0.2, -0.15) is 0 Å². The van der Waals surface area contributed by atoms with Crippen LogP contribution in [0, 0.1) is 5.82 Å². The van der Waals surface area contributed by atoms with Gasteiger partial charge in [0.2, 0.25) is 10.0 Å². The summed E-state index contributed by atoms with van der Waals surface area (Å²) in [5, 5.41) is 4.86. The fourth-order valence-corrected chi connectivity index (χ4v) is 1.66. The van der Waals surface area contributed by atoms with E-state index in [1.165, 1.54) is 12.1 Å². The van der Waals surface area contributed by atoms with Gasteiger partial charge in [0.05, 0.1) is 11.5 Å². The number of rotatable bonds is 6. The van der Waals surface area contributed by atoms with Crippen molar-refractivity contribution in [1.82, 2.24) is 0 Å². The highest BCUT2D eigenvalue weighted by Gasteiger charge is 2.12. The van der Waals surface area contributed by atoms with Crippen molar-refractivity contribution in [1.29, 1.82) is 0 Å². The lowest BCUT2D eigenvalue weighted by molar-refractivity contribution is 0.108. The number of hydrogen-bond donors (Lipinski definition) is 1. The van der Waals surface area contributed by atoms with Crippen LogP contribution < -0.4 is 9.88 Å². The lowest BCUT2D eigenvalue weighted by atomic mass is 10.3. The minimum Gasteiger partial charge on any atom is -0.488 e. The predicted molar refractivity (Wildman–Crippen MR) is 59.8 cm³/mol. The van der Waals surface area contributed by atoms with E-state index in [1.54, 1.807) is 0 Å². The van der Waals surface area contributed by atoms with Crippen LogP contribution in [-0.4, -0.2) is 28.2 Å². The molecule has 7 heteroatoms. The van der Waals surface area contributed by atoms with Crippen LogP contribution in [0.1, 0.15) is 6.92 Å². The smallest absolute Gasteiger partial charge is 0.238 e. The molecule has 0 amide bonds. The molecule has 1 aromatic rings. The minimum atomic E-state index is -3.89. The maximum absolute atomic E-state index is 13.4. The van der Waals surface area contributed by atoms with Crippen LogP contribution in [0.2, 0.25) is 0 Å². The molecule has 0 aliphatic heterocycles. The number of benzene rings is 1. The van der Waals surface area contributed by atoms with Gasteiger partial charge in [-0.1, -0.05) is 0 Å². The summed E-state index contributed by atoms with van der Waals surface area (Å²) in [5.41, 5.74) is 0. The van der Waals surface area contributed by atoms with E-state index >= 15 is 0 Å². The van der Waals surface area contributed by atoms with Gasteiger partial charge in [-0.3, -0.25) is 0 Å². The number of primary sulfonamides is 1. The Balaban J connectivity index is 2.70. The Morgan fingerprint density at radius 3 is 2.59 bits per heavy atom. The molecule has 0 saturated carbocycles. The number of ether oxygens (including phenoxy) is 2. The minimum absolute atomic E-state index is 0.0305. The molecule has 1 aromatic carbocycles. The van der Waals surface area contributed by atoms with Crippen molar-refractivity contribution in [2.75, 3.05) is 19.8 Å². The van der Waals surface area contributed by atoms with Gasteiger partial charge in [0, 0.05) is 6.61 Å². The monoisotopic (exact) mass is 263 g/mol. The molecule has 0 heterocycles. The maximum atomic E-state index is 13.4. The largest absolute Gasteiger partial charge is 0.488 e. The first kappa shape index (κ1) is 13.9. The van der Waals surface area contributed by atoms with Crippen LogP contribution in [0.25, 0.3) is 0 Å². The van der Waals surface area contributed by atoms with E-state index in [9.17, 15) is 12.8 Å². The van der Waals surface area contributed by atoms with Crippen molar-refractivity contribution < 1.29 is 22.3 Å². The van der Waals surface area contributed by atoms with Crippen molar-refractivity contribution in [3.8, 4) is 5.75 Å². The molecule has 0 unspecified atom stereocenters. The Kier molecular flexibility index (Phi) is 4.86. The highest BCUT2D eigenvalue weighted by molar-refractivity contribution is 7.89. The first-order valence-electron chi connectivity index (χ1n) is 4.98. The van der Waals surface area contributed by atoms with Crippen molar-refractivity contribution in [3.63, 3.8) is 0 Å². The zero-order chi connectivity index (χ0) is 12.9. The molecule has 0 radical (unpaired) electrons.